The summed E-state index contributed by atoms with van der Waals surface area (Å²) in [6.07, 6.45) is 1.01. The molecule has 3 rings (SSSR count). The van der Waals surface area contributed by atoms with E-state index >= 15 is 0 Å². The van der Waals surface area contributed by atoms with Crippen molar-refractivity contribution >= 4 is 11.4 Å². The first kappa shape index (κ1) is 12.0. The summed E-state index contributed by atoms with van der Waals surface area (Å²) in [6, 6.07) is 9.48. The number of rotatable bonds is 3. The molecule has 0 spiro atoms. The maximum Gasteiger partial charge on any atom is 0.146 e. The lowest BCUT2D eigenvalue weighted by Crippen LogP contribution is -2.04. The Balaban J connectivity index is 1.80. The Morgan fingerprint density at radius 1 is 1.16 bits per heavy atom. The number of nitrogens with one attached hydrogen (secondary N) is 2. The van der Waals surface area contributed by atoms with Gasteiger partial charge in [-0.3, -0.25) is 0 Å². The van der Waals surface area contributed by atoms with E-state index in [1.807, 2.05) is 12.1 Å². The first-order valence-electron chi connectivity index (χ1n) is 6.27. The van der Waals surface area contributed by atoms with Crippen LogP contribution in [0.4, 0.5) is 20.2 Å². The lowest BCUT2D eigenvalue weighted by molar-refractivity contribution is 0.602. The number of anilines is 2. The zero-order chi connectivity index (χ0) is 13.2. The van der Waals surface area contributed by atoms with Crippen LogP contribution in [-0.2, 0) is 13.0 Å². The van der Waals surface area contributed by atoms with Gasteiger partial charge >= 0.3 is 0 Å². The molecular formula is C15H14F2N2. The summed E-state index contributed by atoms with van der Waals surface area (Å²) in [4.78, 5) is 0. The number of halogens is 2. The van der Waals surface area contributed by atoms with Crippen molar-refractivity contribution in [2.45, 2.75) is 13.0 Å². The molecule has 4 heteroatoms. The molecule has 1 aliphatic rings. The molecule has 0 amide bonds. The maximum absolute atomic E-state index is 13.5. The molecule has 0 bridgehead atoms. The van der Waals surface area contributed by atoms with Gasteiger partial charge in [-0.2, -0.15) is 0 Å². The molecule has 0 radical (unpaired) electrons. The highest BCUT2D eigenvalue weighted by atomic mass is 19.1. The van der Waals surface area contributed by atoms with Crippen LogP contribution in [0.15, 0.2) is 36.4 Å². The molecule has 2 N–H and O–H groups in total. The van der Waals surface area contributed by atoms with E-state index in [4.69, 9.17) is 0 Å². The van der Waals surface area contributed by atoms with Crippen LogP contribution in [0.3, 0.4) is 0 Å². The van der Waals surface area contributed by atoms with Gasteiger partial charge in [0, 0.05) is 18.8 Å². The Morgan fingerprint density at radius 3 is 2.95 bits per heavy atom. The largest absolute Gasteiger partial charge is 0.384 e. The molecular weight excluding hydrogens is 246 g/mol. The summed E-state index contributed by atoms with van der Waals surface area (Å²) in [5.74, 6) is -0.887. The SMILES string of the molecule is Fc1ccc(F)c(NCc2cccc3c2NCC3)c1. The average Bonchev–Trinajstić information content (AvgIpc) is 2.88. The topological polar surface area (TPSA) is 24.1 Å². The molecule has 98 valence electrons. The highest BCUT2D eigenvalue weighted by molar-refractivity contribution is 5.62. The van der Waals surface area contributed by atoms with Crippen LogP contribution in [-0.4, -0.2) is 6.54 Å². The van der Waals surface area contributed by atoms with Gasteiger partial charge in [0.15, 0.2) is 0 Å². The van der Waals surface area contributed by atoms with Crippen LogP contribution in [0.5, 0.6) is 0 Å². The number of para-hydroxylation sites is 1. The van der Waals surface area contributed by atoms with E-state index in [2.05, 4.69) is 16.7 Å². The molecule has 0 unspecified atom stereocenters. The molecule has 0 atom stereocenters. The summed E-state index contributed by atoms with van der Waals surface area (Å²) in [5.41, 5.74) is 3.65. The number of hydrogen-bond donors (Lipinski definition) is 2. The van der Waals surface area contributed by atoms with Gasteiger partial charge in [0.05, 0.1) is 5.69 Å². The molecule has 2 aromatic carbocycles. The minimum atomic E-state index is -0.444. The van der Waals surface area contributed by atoms with E-state index in [9.17, 15) is 8.78 Å². The van der Waals surface area contributed by atoms with Crippen LogP contribution in [0.2, 0.25) is 0 Å². The van der Waals surface area contributed by atoms with Crippen LogP contribution < -0.4 is 10.6 Å². The van der Waals surface area contributed by atoms with Gasteiger partial charge in [-0.15, -0.1) is 0 Å². The third-order valence-corrected chi connectivity index (χ3v) is 3.33. The lowest BCUT2D eigenvalue weighted by Gasteiger charge is -2.11. The third kappa shape index (κ3) is 2.38. The Labute approximate surface area is 110 Å². The third-order valence-electron chi connectivity index (χ3n) is 3.33. The zero-order valence-corrected chi connectivity index (χ0v) is 10.3. The standard InChI is InChI=1S/C15H14F2N2/c16-12-4-5-13(17)14(8-12)19-9-11-3-1-2-10-6-7-18-15(10)11/h1-5,8,18-19H,6-7,9H2. The number of benzene rings is 2. The lowest BCUT2D eigenvalue weighted by atomic mass is 10.1. The highest BCUT2D eigenvalue weighted by Crippen LogP contribution is 2.27. The van der Waals surface area contributed by atoms with Crippen molar-refractivity contribution in [1.29, 1.82) is 0 Å². The van der Waals surface area contributed by atoms with Crippen molar-refractivity contribution < 1.29 is 8.78 Å². The van der Waals surface area contributed by atoms with E-state index in [0.717, 1.165) is 36.3 Å². The normalized spacial score (nSPS) is 12.9. The maximum atomic E-state index is 13.5. The fraction of sp³-hybridized carbons (Fsp3) is 0.200. The first-order valence-corrected chi connectivity index (χ1v) is 6.27. The smallest absolute Gasteiger partial charge is 0.146 e. The summed E-state index contributed by atoms with van der Waals surface area (Å²) < 4.78 is 26.6. The summed E-state index contributed by atoms with van der Waals surface area (Å²) in [7, 11) is 0. The van der Waals surface area contributed by atoms with Gasteiger partial charge in [-0.1, -0.05) is 18.2 Å². The second-order valence-corrected chi connectivity index (χ2v) is 4.61. The fourth-order valence-corrected chi connectivity index (χ4v) is 2.38. The molecule has 2 aromatic rings. The minimum Gasteiger partial charge on any atom is -0.384 e. The van der Waals surface area contributed by atoms with Crippen molar-refractivity contribution in [3.8, 4) is 0 Å². The molecule has 19 heavy (non-hydrogen) atoms. The predicted molar refractivity (Wildman–Crippen MR) is 72.3 cm³/mol. The molecule has 0 saturated heterocycles. The molecule has 0 aliphatic carbocycles. The molecule has 0 saturated carbocycles. The highest BCUT2D eigenvalue weighted by Gasteiger charge is 2.13. The first-order chi connectivity index (χ1) is 9.24. The Bertz CT molecular complexity index is 611. The van der Waals surface area contributed by atoms with Crippen molar-refractivity contribution in [2.75, 3.05) is 17.2 Å². The van der Waals surface area contributed by atoms with Gasteiger partial charge in [0.1, 0.15) is 11.6 Å². The van der Waals surface area contributed by atoms with Crippen molar-refractivity contribution in [1.82, 2.24) is 0 Å². The Kier molecular flexibility index (Phi) is 3.07. The molecule has 2 nitrogen and oxygen atoms in total. The zero-order valence-electron chi connectivity index (χ0n) is 10.3. The summed E-state index contributed by atoms with van der Waals surface area (Å²) in [5, 5.41) is 6.27. The van der Waals surface area contributed by atoms with Crippen molar-refractivity contribution in [3.63, 3.8) is 0 Å². The molecule has 0 aromatic heterocycles. The van der Waals surface area contributed by atoms with Crippen LogP contribution >= 0.6 is 0 Å². The monoisotopic (exact) mass is 260 g/mol. The summed E-state index contributed by atoms with van der Waals surface area (Å²) >= 11 is 0. The van der Waals surface area contributed by atoms with Gasteiger partial charge in [-0.05, 0) is 35.7 Å². The Morgan fingerprint density at radius 2 is 2.05 bits per heavy atom. The Hall–Kier alpha value is -2.10. The molecule has 1 heterocycles. The number of fused-ring (bicyclic) bond motifs is 1. The second-order valence-electron chi connectivity index (χ2n) is 4.61. The summed E-state index contributed by atoms with van der Waals surface area (Å²) in [6.45, 7) is 1.40. The fourth-order valence-electron chi connectivity index (χ4n) is 2.38. The quantitative estimate of drug-likeness (QED) is 0.882. The predicted octanol–water partition coefficient (Wildman–Crippen LogP) is 3.54. The van der Waals surface area contributed by atoms with E-state index < -0.39 is 11.6 Å². The molecule has 1 aliphatic heterocycles. The van der Waals surface area contributed by atoms with Crippen molar-refractivity contribution in [2.24, 2.45) is 0 Å². The van der Waals surface area contributed by atoms with Crippen LogP contribution in [0.1, 0.15) is 11.1 Å². The number of hydrogen-bond acceptors (Lipinski definition) is 2. The van der Waals surface area contributed by atoms with E-state index in [1.54, 1.807) is 0 Å². The van der Waals surface area contributed by atoms with E-state index in [1.165, 1.54) is 11.6 Å². The van der Waals surface area contributed by atoms with Gasteiger partial charge in [0.25, 0.3) is 0 Å². The van der Waals surface area contributed by atoms with Gasteiger partial charge in [-0.25, -0.2) is 8.78 Å². The second kappa shape index (κ2) is 4.88. The van der Waals surface area contributed by atoms with Gasteiger partial charge < -0.3 is 10.6 Å². The van der Waals surface area contributed by atoms with Gasteiger partial charge in [0.2, 0.25) is 0 Å². The average molecular weight is 260 g/mol. The van der Waals surface area contributed by atoms with Crippen LogP contribution in [0, 0.1) is 11.6 Å². The van der Waals surface area contributed by atoms with E-state index in [-0.39, 0.29) is 5.69 Å². The minimum absolute atomic E-state index is 0.190. The van der Waals surface area contributed by atoms with E-state index in [0.29, 0.717) is 6.54 Å². The molecule has 0 fully saturated rings. The van der Waals surface area contributed by atoms with Crippen molar-refractivity contribution in [3.05, 3.63) is 59.2 Å². The van der Waals surface area contributed by atoms with Crippen LogP contribution in [0.25, 0.3) is 0 Å².